The molecule has 0 fully saturated rings. The van der Waals surface area contributed by atoms with Crippen molar-refractivity contribution < 1.29 is 22.7 Å². The highest BCUT2D eigenvalue weighted by Crippen LogP contribution is 2.47. The van der Waals surface area contributed by atoms with E-state index in [-0.39, 0.29) is 23.7 Å². The van der Waals surface area contributed by atoms with Gasteiger partial charge in [-0.3, -0.25) is 4.79 Å². The van der Waals surface area contributed by atoms with E-state index in [4.69, 9.17) is 4.74 Å². The third-order valence-corrected chi connectivity index (χ3v) is 6.48. The molecule has 0 amide bonds. The number of alkyl halides is 3. The number of nitrogens with one attached hydrogen (secondary N) is 2. The molecule has 0 spiro atoms. The van der Waals surface area contributed by atoms with Crippen molar-refractivity contribution in [3.8, 4) is 5.75 Å². The Kier molecular flexibility index (Phi) is 5.55. The molecule has 0 bridgehead atoms. The highest BCUT2D eigenvalue weighted by molar-refractivity contribution is 5.90. The number of rotatable bonds is 3. The van der Waals surface area contributed by atoms with Crippen LogP contribution in [0.25, 0.3) is 0 Å². The van der Waals surface area contributed by atoms with Gasteiger partial charge in [-0.15, -0.1) is 0 Å². The van der Waals surface area contributed by atoms with E-state index in [1.807, 2.05) is 48.5 Å². The summed E-state index contributed by atoms with van der Waals surface area (Å²) in [6.45, 7) is 0. The molecule has 2 aliphatic rings. The van der Waals surface area contributed by atoms with Gasteiger partial charge in [-0.1, -0.05) is 48.5 Å². The van der Waals surface area contributed by atoms with Crippen LogP contribution in [0.15, 0.2) is 84.6 Å². The molecular weight excluding hydrogens is 441 g/mol. The molecule has 2 N–H and O–H groups in total. The van der Waals surface area contributed by atoms with Gasteiger partial charge in [0.05, 0.1) is 36.0 Å². The smallest absolute Gasteiger partial charge is 0.416 e. The summed E-state index contributed by atoms with van der Waals surface area (Å²) in [4.78, 5) is 13.6. The first kappa shape index (κ1) is 22.1. The quantitative estimate of drug-likeness (QED) is 0.462. The summed E-state index contributed by atoms with van der Waals surface area (Å²) in [5, 5.41) is 6.59. The summed E-state index contributed by atoms with van der Waals surface area (Å²) in [6.07, 6.45) is -2.36. The van der Waals surface area contributed by atoms with Gasteiger partial charge in [0.15, 0.2) is 0 Å². The van der Waals surface area contributed by atoms with Gasteiger partial charge in [-0.05, 0) is 41.5 Å². The lowest BCUT2D eigenvalue weighted by molar-refractivity contribution is -0.138. The van der Waals surface area contributed by atoms with Crippen LogP contribution in [-0.4, -0.2) is 12.9 Å². The van der Waals surface area contributed by atoms with Gasteiger partial charge < -0.3 is 15.4 Å². The molecular formula is C27H23F3N2O2. The van der Waals surface area contributed by atoms with Crippen LogP contribution in [0.2, 0.25) is 0 Å². The molecule has 1 heterocycles. The number of anilines is 2. The summed E-state index contributed by atoms with van der Waals surface area (Å²) in [5.41, 5.74) is 2.23. The Morgan fingerprint density at radius 1 is 0.912 bits per heavy atom. The minimum absolute atomic E-state index is 0.0562. The Morgan fingerprint density at radius 3 is 2.29 bits per heavy atom. The Bertz CT molecular complexity index is 1250. The van der Waals surface area contributed by atoms with E-state index in [0.29, 0.717) is 22.8 Å². The van der Waals surface area contributed by atoms with E-state index >= 15 is 0 Å². The lowest BCUT2D eigenvalue weighted by Crippen LogP contribution is -2.34. The maximum absolute atomic E-state index is 13.9. The average molecular weight is 464 g/mol. The van der Waals surface area contributed by atoms with Gasteiger partial charge in [-0.2, -0.15) is 13.2 Å². The molecule has 0 radical (unpaired) electrons. The first-order chi connectivity index (χ1) is 16.3. The van der Waals surface area contributed by atoms with Crippen molar-refractivity contribution in [2.24, 2.45) is 5.92 Å². The third-order valence-electron chi connectivity index (χ3n) is 6.48. The predicted octanol–water partition coefficient (Wildman–Crippen LogP) is 6.55. The zero-order valence-electron chi connectivity index (χ0n) is 18.4. The fraction of sp³-hybridized carbons (Fsp3) is 0.222. The van der Waals surface area contributed by atoms with Crippen LogP contribution in [0, 0.1) is 5.92 Å². The van der Waals surface area contributed by atoms with Crippen molar-refractivity contribution >= 4 is 17.2 Å². The monoisotopic (exact) mass is 464 g/mol. The second-order valence-corrected chi connectivity index (χ2v) is 8.53. The van der Waals surface area contributed by atoms with Crippen molar-refractivity contribution in [2.45, 2.75) is 24.6 Å². The largest absolute Gasteiger partial charge is 0.497 e. The van der Waals surface area contributed by atoms with Gasteiger partial charge in [0.2, 0.25) is 0 Å². The molecule has 1 aliphatic carbocycles. The average Bonchev–Trinajstić information content (AvgIpc) is 3.00. The number of fused-ring (bicyclic) bond motifs is 2. The Hall–Kier alpha value is -3.74. The van der Waals surface area contributed by atoms with E-state index in [1.165, 1.54) is 12.1 Å². The number of para-hydroxylation sites is 2. The minimum atomic E-state index is -4.54. The highest BCUT2D eigenvalue weighted by Gasteiger charge is 2.43. The van der Waals surface area contributed by atoms with Gasteiger partial charge >= 0.3 is 6.18 Å². The van der Waals surface area contributed by atoms with Crippen molar-refractivity contribution in [2.75, 3.05) is 17.7 Å². The van der Waals surface area contributed by atoms with E-state index in [9.17, 15) is 18.0 Å². The first-order valence-corrected chi connectivity index (χ1v) is 11.0. The van der Waals surface area contributed by atoms with Gasteiger partial charge in [0.1, 0.15) is 11.5 Å². The van der Waals surface area contributed by atoms with Crippen molar-refractivity contribution in [3.05, 3.63) is 101 Å². The van der Waals surface area contributed by atoms with Crippen LogP contribution < -0.4 is 15.4 Å². The normalized spacial score (nSPS) is 21.8. The molecule has 1 aliphatic heterocycles. The number of benzene rings is 3. The lowest BCUT2D eigenvalue weighted by atomic mass is 9.76. The van der Waals surface area contributed by atoms with Crippen LogP contribution in [-0.2, 0) is 11.0 Å². The van der Waals surface area contributed by atoms with E-state index in [1.54, 1.807) is 19.2 Å². The van der Waals surface area contributed by atoms with E-state index < -0.39 is 23.7 Å². The zero-order valence-corrected chi connectivity index (χ0v) is 18.4. The van der Waals surface area contributed by atoms with Crippen LogP contribution in [0.5, 0.6) is 5.75 Å². The number of Topliss-reactive ketones (excluding diaryl/α,β-unsaturated/α-hetero) is 1. The second-order valence-electron chi connectivity index (χ2n) is 8.53. The molecule has 3 aromatic carbocycles. The molecule has 5 rings (SSSR count). The second kappa shape index (κ2) is 8.56. The number of ketones is 1. The molecule has 34 heavy (non-hydrogen) atoms. The number of allylic oxidation sites excluding steroid dienone is 1. The van der Waals surface area contributed by atoms with Gasteiger partial charge in [0, 0.05) is 18.0 Å². The maximum atomic E-state index is 13.9. The van der Waals surface area contributed by atoms with E-state index in [2.05, 4.69) is 10.6 Å². The lowest BCUT2D eigenvalue weighted by Gasteiger charge is -2.33. The molecule has 4 nitrogen and oxygen atoms in total. The summed E-state index contributed by atoms with van der Waals surface area (Å²) in [7, 11) is 1.59. The molecule has 0 aromatic heterocycles. The fourth-order valence-corrected chi connectivity index (χ4v) is 4.85. The number of ether oxygens (including phenoxy) is 1. The number of hydrogen-bond donors (Lipinski definition) is 2. The highest BCUT2D eigenvalue weighted by atomic mass is 19.4. The van der Waals surface area contributed by atoms with Gasteiger partial charge in [0.25, 0.3) is 0 Å². The number of carbonyl (C=O) groups is 1. The van der Waals surface area contributed by atoms with Crippen molar-refractivity contribution in [1.82, 2.24) is 0 Å². The Labute approximate surface area is 195 Å². The van der Waals surface area contributed by atoms with Crippen LogP contribution >= 0.6 is 0 Å². The Morgan fingerprint density at radius 2 is 1.59 bits per heavy atom. The zero-order chi connectivity index (χ0) is 23.9. The Balaban J connectivity index is 1.63. The SMILES string of the molecule is COc1ccc(C2C=C3Nc4ccccc4NC(c4ccccc4C(F)(F)F)C3C(=O)C2)cc1. The predicted molar refractivity (Wildman–Crippen MR) is 125 cm³/mol. The molecule has 0 saturated carbocycles. The standard InChI is InChI=1S/C27H23F3N2O2/c1-34-18-12-10-16(11-13-18)17-14-23-25(24(33)15-17)26(32-22-9-5-4-8-21(22)31-23)19-6-2-3-7-20(19)27(28,29)30/h2-14,17,25-26,31-32H,15H2,1H3. The molecule has 174 valence electrons. The summed E-state index contributed by atoms with van der Waals surface area (Å²) < 4.78 is 47.0. The third kappa shape index (κ3) is 4.02. The first-order valence-electron chi connectivity index (χ1n) is 11.0. The molecule has 3 unspecified atom stereocenters. The minimum Gasteiger partial charge on any atom is -0.497 e. The molecule has 0 saturated heterocycles. The molecule has 3 aromatic rings. The van der Waals surface area contributed by atoms with E-state index in [0.717, 1.165) is 11.6 Å². The van der Waals surface area contributed by atoms with Crippen LogP contribution in [0.3, 0.4) is 0 Å². The van der Waals surface area contributed by atoms with Gasteiger partial charge in [-0.25, -0.2) is 0 Å². The summed E-state index contributed by atoms with van der Waals surface area (Å²) in [5.74, 6) is -0.384. The summed E-state index contributed by atoms with van der Waals surface area (Å²) in [6, 6.07) is 19.4. The number of carbonyl (C=O) groups excluding carboxylic acids is 1. The fourth-order valence-electron chi connectivity index (χ4n) is 4.85. The molecule has 3 atom stereocenters. The summed E-state index contributed by atoms with van der Waals surface area (Å²) >= 11 is 0. The number of hydrogen-bond acceptors (Lipinski definition) is 4. The topological polar surface area (TPSA) is 50.4 Å². The number of halogens is 3. The van der Waals surface area contributed by atoms with Crippen molar-refractivity contribution in [3.63, 3.8) is 0 Å². The van der Waals surface area contributed by atoms with Crippen LogP contribution in [0.1, 0.15) is 35.1 Å². The van der Waals surface area contributed by atoms with Crippen LogP contribution in [0.4, 0.5) is 24.5 Å². The molecule has 7 heteroatoms. The van der Waals surface area contributed by atoms with Crippen molar-refractivity contribution in [1.29, 1.82) is 0 Å². The number of methoxy groups -OCH3 is 1. The maximum Gasteiger partial charge on any atom is 0.416 e.